The van der Waals surface area contributed by atoms with Gasteiger partial charge in [0.2, 0.25) is 0 Å². The second kappa shape index (κ2) is 5.83. The number of hydrogen-bond donors (Lipinski definition) is 0. The Labute approximate surface area is 108 Å². The molecule has 4 heteroatoms. The van der Waals surface area contributed by atoms with Crippen LogP contribution in [0.1, 0.15) is 0 Å². The molecule has 0 saturated carbocycles. The van der Waals surface area contributed by atoms with Crippen LogP contribution in [0, 0.1) is 5.82 Å². The molecule has 2 rings (SSSR count). The molecule has 2 aromatic carbocycles. The van der Waals surface area contributed by atoms with Gasteiger partial charge in [-0.2, -0.15) is 0 Å². The standard InChI is InChI=1S/C14H14FO2P/c1-16-10-7-8-12(17-2)14(9-10)18-13-6-4-3-5-11(13)15/h3-9,18H,1-2H3. The van der Waals surface area contributed by atoms with Gasteiger partial charge in [-0.05, 0) is 24.3 Å². The third-order valence-electron chi connectivity index (χ3n) is 2.55. The topological polar surface area (TPSA) is 18.5 Å². The van der Waals surface area contributed by atoms with Crippen LogP contribution in [0.25, 0.3) is 0 Å². The zero-order valence-corrected chi connectivity index (χ0v) is 11.2. The molecule has 0 N–H and O–H groups in total. The highest BCUT2D eigenvalue weighted by Crippen LogP contribution is 2.24. The number of methoxy groups -OCH3 is 2. The Morgan fingerprint density at radius 3 is 2.39 bits per heavy atom. The van der Waals surface area contributed by atoms with Crippen molar-refractivity contribution in [2.75, 3.05) is 14.2 Å². The van der Waals surface area contributed by atoms with Crippen molar-refractivity contribution in [3.63, 3.8) is 0 Å². The van der Waals surface area contributed by atoms with Crippen LogP contribution < -0.4 is 20.1 Å². The molecule has 0 amide bonds. The van der Waals surface area contributed by atoms with Gasteiger partial charge in [0.1, 0.15) is 17.3 Å². The Kier molecular flexibility index (Phi) is 4.16. The van der Waals surface area contributed by atoms with Crippen molar-refractivity contribution < 1.29 is 13.9 Å². The summed E-state index contributed by atoms with van der Waals surface area (Å²) in [5.74, 6) is 1.30. The zero-order chi connectivity index (χ0) is 13.0. The van der Waals surface area contributed by atoms with Gasteiger partial charge in [0.05, 0.1) is 14.2 Å². The molecule has 0 aliphatic carbocycles. The van der Waals surface area contributed by atoms with Crippen molar-refractivity contribution in [3.8, 4) is 11.5 Å². The van der Waals surface area contributed by atoms with Crippen molar-refractivity contribution in [2.24, 2.45) is 0 Å². The monoisotopic (exact) mass is 264 g/mol. The second-order valence-electron chi connectivity index (χ2n) is 3.67. The lowest BCUT2D eigenvalue weighted by atomic mass is 10.3. The van der Waals surface area contributed by atoms with Gasteiger partial charge in [-0.25, -0.2) is 4.39 Å². The molecule has 18 heavy (non-hydrogen) atoms. The summed E-state index contributed by atoms with van der Waals surface area (Å²) in [7, 11) is 3.42. The van der Waals surface area contributed by atoms with E-state index in [1.807, 2.05) is 24.3 Å². The van der Waals surface area contributed by atoms with Gasteiger partial charge >= 0.3 is 0 Å². The minimum Gasteiger partial charge on any atom is -0.497 e. The van der Waals surface area contributed by atoms with E-state index in [2.05, 4.69) is 0 Å². The average molecular weight is 264 g/mol. The molecule has 1 atom stereocenters. The molecule has 1 unspecified atom stereocenters. The van der Waals surface area contributed by atoms with E-state index in [1.54, 1.807) is 26.4 Å². The fourth-order valence-electron chi connectivity index (χ4n) is 1.62. The molecule has 0 heterocycles. The van der Waals surface area contributed by atoms with Gasteiger partial charge in [0.25, 0.3) is 0 Å². The predicted octanol–water partition coefficient (Wildman–Crippen LogP) is 2.47. The summed E-state index contributed by atoms with van der Waals surface area (Å²) in [4.78, 5) is 0. The van der Waals surface area contributed by atoms with Gasteiger partial charge in [-0.3, -0.25) is 0 Å². The minimum absolute atomic E-state index is 0.194. The SMILES string of the molecule is COc1ccc(OC)c(Pc2ccccc2F)c1. The Morgan fingerprint density at radius 1 is 0.944 bits per heavy atom. The van der Waals surface area contributed by atoms with Gasteiger partial charge < -0.3 is 9.47 Å². The van der Waals surface area contributed by atoms with Crippen LogP contribution in [-0.4, -0.2) is 14.2 Å². The van der Waals surface area contributed by atoms with E-state index in [-0.39, 0.29) is 14.4 Å². The Morgan fingerprint density at radius 2 is 1.72 bits per heavy atom. The first-order valence-corrected chi connectivity index (χ1v) is 6.48. The predicted molar refractivity (Wildman–Crippen MR) is 73.5 cm³/mol. The van der Waals surface area contributed by atoms with E-state index in [0.717, 1.165) is 16.8 Å². The van der Waals surface area contributed by atoms with Gasteiger partial charge in [0.15, 0.2) is 0 Å². The zero-order valence-electron chi connectivity index (χ0n) is 10.2. The first kappa shape index (κ1) is 12.8. The van der Waals surface area contributed by atoms with Crippen LogP contribution in [0.5, 0.6) is 11.5 Å². The highest BCUT2D eigenvalue weighted by Gasteiger charge is 2.08. The van der Waals surface area contributed by atoms with Crippen LogP contribution >= 0.6 is 8.58 Å². The molecular formula is C14H14FO2P. The van der Waals surface area contributed by atoms with Crippen molar-refractivity contribution in [1.29, 1.82) is 0 Å². The second-order valence-corrected chi connectivity index (χ2v) is 5.00. The van der Waals surface area contributed by atoms with Gasteiger partial charge in [-0.1, -0.05) is 26.8 Å². The maximum absolute atomic E-state index is 13.6. The van der Waals surface area contributed by atoms with Crippen LogP contribution in [0.4, 0.5) is 4.39 Å². The number of benzene rings is 2. The summed E-state index contributed by atoms with van der Waals surface area (Å²) in [5, 5.41) is 1.60. The molecule has 0 fully saturated rings. The normalized spacial score (nSPS) is 10.8. The van der Waals surface area contributed by atoms with E-state index in [1.165, 1.54) is 6.07 Å². The molecule has 0 aliphatic rings. The quantitative estimate of drug-likeness (QED) is 0.790. The van der Waals surface area contributed by atoms with Crippen LogP contribution in [0.3, 0.4) is 0 Å². The summed E-state index contributed by atoms with van der Waals surface area (Å²) in [6.07, 6.45) is 0. The first-order chi connectivity index (χ1) is 8.74. The molecule has 0 aliphatic heterocycles. The molecule has 2 nitrogen and oxygen atoms in total. The van der Waals surface area contributed by atoms with E-state index < -0.39 is 0 Å². The lowest BCUT2D eigenvalue weighted by Crippen LogP contribution is -2.10. The fourth-order valence-corrected chi connectivity index (χ4v) is 2.81. The highest BCUT2D eigenvalue weighted by atomic mass is 31.1. The van der Waals surface area contributed by atoms with Crippen LogP contribution in [-0.2, 0) is 0 Å². The molecule has 0 spiro atoms. The maximum Gasteiger partial charge on any atom is 0.130 e. The van der Waals surface area contributed by atoms with Crippen molar-refractivity contribution in [1.82, 2.24) is 0 Å². The Bertz CT molecular complexity index is 543. The van der Waals surface area contributed by atoms with Crippen LogP contribution in [0.2, 0.25) is 0 Å². The van der Waals surface area contributed by atoms with Crippen molar-refractivity contribution >= 4 is 19.2 Å². The van der Waals surface area contributed by atoms with Crippen molar-refractivity contribution in [3.05, 3.63) is 48.3 Å². The largest absolute Gasteiger partial charge is 0.497 e. The molecule has 2 aromatic rings. The molecule has 0 bridgehead atoms. The maximum atomic E-state index is 13.6. The lowest BCUT2D eigenvalue weighted by molar-refractivity contribution is 0.406. The fraction of sp³-hybridized carbons (Fsp3) is 0.143. The number of hydrogen-bond acceptors (Lipinski definition) is 2. The van der Waals surface area contributed by atoms with Gasteiger partial charge in [0, 0.05) is 10.6 Å². The van der Waals surface area contributed by atoms with E-state index in [9.17, 15) is 4.39 Å². The lowest BCUT2D eigenvalue weighted by Gasteiger charge is -2.11. The molecule has 0 aromatic heterocycles. The van der Waals surface area contributed by atoms with E-state index in [4.69, 9.17) is 9.47 Å². The molecular weight excluding hydrogens is 250 g/mol. The number of ether oxygens (including phenoxy) is 2. The summed E-state index contributed by atoms with van der Waals surface area (Å²) >= 11 is 0. The van der Waals surface area contributed by atoms with Gasteiger partial charge in [-0.15, -0.1) is 0 Å². The van der Waals surface area contributed by atoms with E-state index in [0.29, 0.717) is 5.30 Å². The third kappa shape index (κ3) is 2.80. The smallest absolute Gasteiger partial charge is 0.130 e. The third-order valence-corrected chi connectivity index (χ3v) is 3.88. The first-order valence-electron chi connectivity index (χ1n) is 5.48. The Hall–Kier alpha value is -1.60. The van der Waals surface area contributed by atoms with Crippen molar-refractivity contribution in [2.45, 2.75) is 0 Å². The average Bonchev–Trinajstić information content (AvgIpc) is 2.41. The molecule has 94 valence electrons. The van der Waals surface area contributed by atoms with Crippen LogP contribution in [0.15, 0.2) is 42.5 Å². The molecule has 0 radical (unpaired) electrons. The molecule has 0 saturated heterocycles. The highest BCUT2D eigenvalue weighted by molar-refractivity contribution is 7.55. The minimum atomic E-state index is -0.194. The summed E-state index contributed by atoms with van der Waals surface area (Å²) in [6.45, 7) is 0. The summed E-state index contributed by atoms with van der Waals surface area (Å²) in [6, 6.07) is 12.3. The summed E-state index contributed by atoms with van der Waals surface area (Å²) in [5.41, 5.74) is 0. The summed E-state index contributed by atoms with van der Waals surface area (Å²) < 4.78 is 24.1. The van der Waals surface area contributed by atoms with E-state index >= 15 is 0 Å². The number of rotatable bonds is 4. The number of halogens is 1. The Balaban J connectivity index is 2.35.